The standard InChI is InChI=1S/C25H26N2O5S/c1-3-19-8-12-21(13-9-19)31-17-25(28)26-20-10-14-22(15-11-20)33(29,30)27-16-18(2)32-24-7-5-4-6-23(24)27/h4-15,18H,3,16-17H2,1-2H3,(H,26,28). The average molecular weight is 467 g/mol. The Bertz CT molecular complexity index is 1220. The molecule has 0 aromatic heterocycles. The summed E-state index contributed by atoms with van der Waals surface area (Å²) in [7, 11) is -3.79. The maximum atomic E-state index is 13.3. The molecule has 3 aromatic rings. The number of anilines is 2. The van der Waals surface area contributed by atoms with Gasteiger partial charge in [-0.05, 0) is 67.4 Å². The summed E-state index contributed by atoms with van der Waals surface area (Å²) in [6.07, 6.45) is 0.662. The monoisotopic (exact) mass is 466 g/mol. The molecule has 0 saturated heterocycles. The van der Waals surface area contributed by atoms with Crippen molar-refractivity contribution in [2.24, 2.45) is 0 Å². The van der Waals surface area contributed by atoms with E-state index < -0.39 is 10.0 Å². The van der Waals surface area contributed by atoms with Gasteiger partial charge in [-0.3, -0.25) is 9.10 Å². The van der Waals surface area contributed by atoms with Crippen LogP contribution < -0.4 is 19.1 Å². The number of hydrogen-bond donors (Lipinski definition) is 1. The lowest BCUT2D eigenvalue weighted by Crippen LogP contribution is -2.42. The van der Waals surface area contributed by atoms with Crippen LogP contribution in [-0.2, 0) is 21.2 Å². The van der Waals surface area contributed by atoms with Gasteiger partial charge in [0.2, 0.25) is 0 Å². The van der Waals surface area contributed by atoms with Crippen molar-refractivity contribution in [3.63, 3.8) is 0 Å². The maximum Gasteiger partial charge on any atom is 0.264 e. The van der Waals surface area contributed by atoms with Crippen LogP contribution in [0.3, 0.4) is 0 Å². The summed E-state index contributed by atoms with van der Waals surface area (Å²) in [5, 5.41) is 2.72. The number of benzene rings is 3. The van der Waals surface area contributed by atoms with E-state index in [1.807, 2.05) is 37.3 Å². The Morgan fingerprint density at radius 3 is 2.45 bits per heavy atom. The number of carbonyl (C=O) groups is 1. The second-order valence-electron chi connectivity index (χ2n) is 7.79. The molecule has 172 valence electrons. The highest BCUT2D eigenvalue weighted by molar-refractivity contribution is 7.92. The van der Waals surface area contributed by atoms with Gasteiger partial charge in [0, 0.05) is 5.69 Å². The van der Waals surface area contributed by atoms with Gasteiger partial charge in [-0.25, -0.2) is 8.42 Å². The summed E-state index contributed by atoms with van der Waals surface area (Å²) >= 11 is 0. The van der Waals surface area contributed by atoms with Crippen LogP contribution in [0.5, 0.6) is 11.5 Å². The van der Waals surface area contributed by atoms with Gasteiger partial charge in [-0.15, -0.1) is 0 Å². The summed E-state index contributed by atoms with van der Waals surface area (Å²) in [6.45, 7) is 3.97. The third-order valence-electron chi connectivity index (χ3n) is 5.31. The third kappa shape index (κ3) is 5.12. The van der Waals surface area contributed by atoms with Crippen molar-refractivity contribution in [3.05, 3.63) is 78.4 Å². The molecule has 0 spiro atoms. The molecule has 0 aliphatic carbocycles. The molecule has 1 unspecified atom stereocenters. The van der Waals surface area contributed by atoms with Gasteiger partial charge in [-0.2, -0.15) is 0 Å². The summed E-state index contributed by atoms with van der Waals surface area (Å²) < 4.78 is 39.2. The number of nitrogens with one attached hydrogen (secondary N) is 1. The van der Waals surface area contributed by atoms with Crippen LogP contribution in [0, 0.1) is 0 Å². The van der Waals surface area contributed by atoms with Crippen LogP contribution in [-0.4, -0.2) is 33.6 Å². The molecule has 1 atom stereocenters. The molecule has 7 nitrogen and oxygen atoms in total. The smallest absolute Gasteiger partial charge is 0.264 e. The predicted octanol–water partition coefficient (Wildman–Crippen LogP) is 4.24. The first-order valence-electron chi connectivity index (χ1n) is 10.8. The normalized spacial score (nSPS) is 15.3. The molecule has 33 heavy (non-hydrogen) atoms. The highest BCUT2D eigenvalue weighted by atomic mass is 32.2. The summed E-state index contributed by atoms with van der Waals surface area (Å²) in [5.41, 5.74) is 2.19. The Hall–Kier alpha value is -3.52. The molecule has 0 saturated carbocycles. The van der Waals surface area contributed by atoms with Crippen molar-refractivity contribution in [2.45, 2.75) is 31.3 Å². The number of fused-ring (bicyclic) bond motifs is 1. The maximum absolute atomic E-state index is 13.3. The molecule has 0 radical (unpaired) electrons. The summed E-state index contributed by atoms with van der Waals surface area (Å²) in [5.74, 6) is 0.818. The first-order valence-corrected chi connectivity index (χ1v) is 12.2. The molecule has 0 bridgehead atoms. The molecule has 1 N–H and O–H groups in total. The number of aryl methyl sites for hydroxylation is 1. The molecule has 1 amide bonds. The first-order chi connectivity index (χ1) is 15.9. The van der Waals surface area contributed by atoms with E-state index in [4.69, 9.17) is 9.47 Å². The van der Waals surface area contributed by atoms with Crippen molar-refractivity contribution >= 4 is 27.3 Å². The minimum atomic E-state index is -3.79. The number of sulfonamides is 1. The Morgan fingerprint density at radius 1 is 1.06 bits per heavy atom. The molecule has 1 heterocycles. The van der Waals surface area contributed by atoms with Crippen molar-refractivity contribution in [2.75, 3.05) is 22.8 Å². The molecule has 1 aliphatic heterocycles. The number of rotatable bonds is 7. The Balaban J connectivity index is 1.42. The largest absolute Gasteiger partial charge is 0.487 e. The molecular formula is C25H26N2O5S. The van der Waals surface area contributed by atoms with E-state index in [0.29, 0.717) is 22.9 Å². The highest BCUT2D eigenvalue weighted by Gasteiger charge is 2.32. The number of ether oxygens (including phenoxy) is 2. The summed E-state index contributed by atoms with van der Waals surface area (Å²) in [4.78, 5) is 12.4. The van der Waals surface area contributed by atoms with Gasteiger partial charge >= 0.3 is 0 Å². The summed E-state index contributed by atoms with van der Waals surface area (Å²) in [6, 6.07) is 20.7. The average Bonchev–Trinajstić information content (AvgIpc) is 2.83. The Labute approximate surface area is 194 Å². The highest BCUT2D eigenvalue weighted by Crippen LogP contribution is 2.36. The molecule has 1 aliphatic rings. The van der Waals surface area contributed by atoms with Crippen LogP contribution in [0.15, 0.2) is 77.7 Å². The van der Waals surface area contributed by atoms with Crippen LogP contribution in [0.1, 0.15) is 19.4 Å². The minimum absolute atomic E-state index is 0.136. The van der Waals surface area contributed by atoms with E-state index in [2.05, 4.69) is 12.2 Å². The minimum Gasteiger partial charge on any atom is -0.487 e. The van der Waals surface area contributed by atoms with Gasteiger partial charge in [0.25, 0.3) is 15.9 Å². The Kier molecular flexibility index (Phi) is 6.55. The fourth-order valence-corrected chi connectivity index (χ4v) is 5.13. The number of para-hydroxylation sites is 2. The predicted molar refractivity (Wildman–Crippen MR) is 127 cm³/mol. The van der Waals surface area contributed by atoms with E-state index in [1.54, 1.807) is 30.3 Å². The molecule has 0 fully saturated rings. The zero-order chi connectivity index (χ0) is 23.4. The van der Waals surface area contributed by atoms with Gasteiger partial charge in [0.05, 0.1) is 17.1 Å². The lowest BCUT2D eigenvalue weighted by atomic mass is 10.2. The van der Waals surface area contributed by atoms with Crippen LogP contribution in [0.4, 0.5) is 11.4 Å². The zero-order valence-corrected chi connectivity index (χ0v) is 19.3. The van der Waals surface area contributed by atoms with Crippen LogP contribution in [0.25, 0.3) is 0 Å². The topological polar surface area (TPSA) is 84.9 Å². The van der Waals surface area contributed by atoms with E-state index in [1.165, 1.54) is 22.0 Å². The van der Waals surface area contributed by atoms with Crippen molar-refractivity contribution in [3.8, 4) is 11.5 Å². The number of amides is 1. The third-order valence-corrected chi connectivity index (χ3v) is 7.11. The van der Waals surface area contributed by atoms with E-state index in [-0.39, 0.29) is 30.1 Å². The lowest BCUT2D eigenvalue weighted by molar-refractivity contribution is -0.118. The number of carbonyl (C=O) groups excluding carboxylic acids is 1. The second-order valence-corrected chi connectivity index (χ2v) is 9.65. The van der Waals surface area contributed by atoms with Gasteiger partial charge in [-0.1, -0.05) is 31.2 Å². The van der Waals surface area contributed by atoms with Crippen LogP contribution >= 0.6 is 0 Å². The first kappa shape index (κ1) is 22.7. The number of nitrogens with zero attached hydrogens (tertiary/aromatic N) is 1. The lowest BCUT2D eigenvalue weighted by Gasteiger charge is -2.34. The SMILES string of the molecule is CCc1ccc(OCC(=O)Nc2ccc(S(=O)(=O)N3CC(C)Oc4ccccc43)cc2)cc1. The quantitative estimate of drug-likeness (QED) is 0.563. The fourth-order valence-electron chi connectivity index (χ4n) is 3.58. The van der Waals surface area contributed by atoms with Gasteiger partial charge in [0.15, 0.2) is 6.61 Å². The zero-order valence-electron chi connectivity index (χ0n) is 18.5. The van der Waals surface area contributed by atoms with E-state index in [9.17, 15) is 13.2 Å². The molecule has 3 aromatic carbocycles. The van der Waals surface area contributed by atoms with Crippen molar-refractivity contribution < 1.29 is 22.7 Å². The Morgan fingerprint density at radius 2 is 1.76 bits per heavy atom. The molecule has 8 heteroatoms. The van der Waals surface area contributed by atoms with Gasteiger partial charge < -0.3 is 14.8 Å². The second kappa shape index (κ2) is 9.54. The van der Waals surface area contributed by atoms with E-state index in [0.717, 1.165) is 6.42 Å². The van der Waals surface area contributed by atoms with E-state index >= 15 is 0 Å². The van der Waals surface area contributed by atoms with Crippen LogP contribution in [0.2, 0.25) is 0 Å². The van der Waals surface area contributed by atoms with Crippen molar-refractivity contribution in [1.29, 1.82) is 0 Å². The number of hydrogen-bond acceptors (Lipinski definition) is 5. The molecular weight excluding hydrogens is 440 g/mol. The fraction of sp³-hybridized carbons (Fsp3) is 0.240. The van der Waals surface area contributed by atoms with Crippen molar-refractivity contribution in [1.82, 2.24) is 0 Å². The van der Waals surface area contributed by atoms with Gasteiger partial charge in [0.1, 0.15) is 17.6 Å². The molecule has 4 rings (SSSR count).